The summed E-state index contributed by atoms with van der Waals surface area (Å²) in [5.41, 5.74) is 1.03. The van der Waals surface area contributed by atoms with Gasteiger partial charge >= 0.3 is 0 Å². The number of hydrogen-bond acceptors (Lipinski definition) is 3. The molecular formula is C23H23FN2O3S. The Morgan fingerprint density at radius 2 is 1.63 bits per heavy atom. The molecule has 1 fully saturated rings. The normalized spacial score (nSPS) is 15.9. The molecule has 0 atom stereocenters. The first-order valence-corrected chi connectivity index (χ1v) is 11.4. The van der Waals surface area contributed by atoms with Crippen LogP contribution >= 0.6 is 0 Å². The van der Waals surface area contributed by atoms with Crippen molar-refractivity contribution in [2.45, 2.75) is 24.3 Å². The number of sulfonamides is 1. The quantitative estimate of drug-likeness (QED) is 0.677. The number of halogens is 1. The fourth-order valence-corrected chi connectivity index (χ4v) is 5.27. The Morgan fingerprint density at radius 3 is 2.33 bits per heavy atom. The van der Waals surface area contributed by atoms with Crippen molar-refractivity contribution in [1.29, 1.82) is 0 Å². The number of fused-ring (bicyclic) bond motifs is 1. The van der Waals surface area contributed by atoms with Crippen LogP contribution in [0, 0.1) is 11.7 Å². The molecule has 0 spiro atoms. The van der Waals surface area contributed by atoms with Crippen LogP contribution in [0.1, 0.15) is 18.4 Å². The van der Waals surface area contributed by atoms with Crippen molar-refractivity contribution in [3.05, 3.63) is 78.1 Å². The smallest absolute Gasteiger partial charge is 0.243 e. The highest BCUT2D eigenvalue weighted by molar-refractivity contribution is 7.89. The summed E-state index contributed by atoms with van der Waals surface area (Å²) in [6, 6.07) is 19.0. The highest BCUT2D eigenvalue weighted by Gasteiger charge is 2.32. The first kappa shape index (κ1) is 20.5. The van der Waals surface area contributed by atoms with Gasteiger partial charge < -0.3 is 5.32 Å². The van der Waals surface area contributed by atoms with Gasteiger partial charge in [-0.15, -0.1) is 0 Å². The zero-order valence-electron chi connectivity index (χ0n) is 16.4. The van der Waals surface area contributed by atoms with Gasteiger partial charge in [0.2, 0.25) is 15.9 Å². The molecule has 156 valence electrons. The van der Waals surface area contributed by atoms with Crippen LogP contribution in [0.15, 0.2) is 71.6 Å². The SMILES string of the molecule is O=C(NCc1ccc2ccccc2c1)C1CCN(S(=O)(=O)c2ccc(F)cc2)CC1. The Bertz CT molecular complexity index is 1150. The fraction of sp³-hybridized carbons (Fsp3) is 0.261. The molecule has 3 aromatic carbocycles. The number of amides is 1. The Hall–Kier alpha value is -2.77. The summed E-state index contributed by atoms with van der Waals surface area (Å²) < 4.78 is 39.8. The average Bonchev–Trinajstić information content (AvgIpc) is 2.77. The molecule has 1 amide bonds. The van der Waals surface area contributed by atoms with E-state index in [2.05, 4.69) is 11.4 Å². The van der Waals surface area contributed by atoms with Gasteiger partial charge in [0, 0.05) is 25.6 Å². The van der Waals surface area contributed by atoms with Crippen LogP contribution in [-0.4, -0.2) is 31.7 Å². The summed E-state index contributed by atoms with van der Waals surface area (Å²) in [4.78, 5) is 12.7. The summed E-state index contributed by atoms with van der Waals surface area (Å²) in [7, 11) is -3.67. The van der Waals surface area contributed by atoms with Crippen LogP contribution in [0.25, 0.3) is 10.8 Å². The third-order valence-electron chi connectivity index (χ3n) is 5.56. The van der Waals surface area contributed by atoms with Gasteiger partial charge in [0.05, 0.1) is 4.90 Å². The number of nitrogens with zero attached hydrogens (tertiary/aromatic N) is 1. The molecule has 1 saturated heterocycles. The molecule has 3 aromatic rings. The van der Waals surface area contributed by atoms with Crippen LogP contribution in [0.3, 0.4) is 0 Å². The van der Waals surface area contributed by atoms with Gasteiger partial charge in [0.15, 0.2) is 0 Å². The highest BCUT2D eigenvalue weighted by Crippen LogP contribution is 2.24. The molecule has 30 heavy (non-hydrogen) atoms. The highest BCUT2D eigenvalue weighted by atomic mass is 32.2. The zero-order chi connectivity index (χ0) is 21.1. The lowest BCUT2D eigenvalue weighted by Crippen LogP contribution is -2.42. The van der Waals surface area contributed by atoms with Gasteiger partial charge in [-0.25, -0.2) is 12.8 Å². The van der Waals surface area contributed by atoms with E-state index in [-0.39, 0.29) is 29.8 Å². The topological polar surface area (TPSA) is 66.5 Å². The van der Waals surface area contributed by atoms with E-state index in [1.807, 2.05) is 36.4 Å². The maximum atomic E-state index is 13.1. The molecule has 1 N–H and O–H groups in total. The Labute approximate surface area is 175 Å². The fourth-order valence-electron chi connectivity index (χ4n) is 3.80. The Balaban J connectivity index is 1.33. The standard InChI is InChI=1S/C23H23FN2O3S/c24-21-7-9-22(10-8-21)30(28,29)26-13-11-19(12-14-26)23(27)25-16-17-5-6-18-3-1-2-4-20(18)15-17/h1-10,15,19H,11-14,16H2,(H,25,27). The number of carbonyl (C=O) groups excluding carboxylic acids is 1. The average molecular weight is 427 g/mol. The molecule has 0 bridgehead atoms. The number of piperidine rings is 1. The second kappa shape index (κ2) is 8.53. The molecule has 1 aliphatic heterocycles. The lowest BCUT2D eigenvalue weighted by atomic mass is 9.97. The second-order valence-corrected chi connectivity index (χ2v) is 9.47. The lowest BCUT2D eigenvalue weighted by Gasteiger charge is -2.30. The second-order valence-electron chi connectivity index (χ2n) is 7.53. The van der Waals surface area contributed by atoms with Gasteiger partial charge in [-0.1, -0.05) is 36.4 Å². The lowest BCUT2D eigenvalue weighted by molar-refractivity contribution is -0.126. The summed E-state index contributed by atoms with van der Waals surface area (Å²) in [6.07, 6.45) is 0.925. The van der Waals surface area contributed by atoms with Crippen LogP contribution < -0.4 is 5.32 Å². The number of carbonyl (C=O) groups is 1. The van der Waals surface area contributed by atoms with E-state index in [4.69, 9.17) is 0 Å². The minimum absolute atomic E-state index is 0.0537. The monoisotopic (exact) mass is 426 g/mol. The van der Waals surface area contributed by atoms with Crippen LogP contribution in [-0.2, 0) is 21.4 Å². The van der Waals surface area contributed by atoms with Crippen LogP contribution in [0.2, 0.25) is 0 Å². The summed E-state index contributed by atoms with van der Waals surface area (Å²) in [6.45, 7) is 0.985. The maximum Gasteiger partial charge on any atom is 0.243 e. The number of rotatable bonds is 5. The van der Waals surface area contributed by atoms with Crippen molar-refractivity contribution in [1.82, 2.24) is 9.62 Å². The van der Waals surface area contributed by atoms with Crippen molar-refractivity contribution >= 4 is 26.7 Å². The largest absolute Gasteiger partial charge is 0.352 e. The number of nitrogens with one attached hydrogen (secondary N) is 1. The molecular weight excluding hydrogens is 403 g/mol. The van der Waals surface area contributed by atoms with Gasteiger partial charge in [-0.3, -0.25) is 4.79 Å². The minimum Gasteiger partial charge on any atom is -0.352 e. The zero-order valence-corrected chi connectivity index (χ0v) is 17.2. The molecule has 0 radical (unpaired) electrons. The predicted octanol–water partition coefficient (Wildman–Crippen LogP) is 3.70. The van der Waals surface area contributed by atoms with Crippen LogP contribution in [0.4, 0.5) is 4.39 Å². The molecule has 1 heterocycles. The molecule has 0 aromatic heterocycles. The molecule has 7 heteroatoms. The van der Waals surface area contributed by atoms with E-state index >= 15 is 0 Å². The van der Waals surface area contributed by atoms with Gasteiger partial charge in [-0.05, 0) is 59.5 Å². The van der Waals surface area contributed by atoms with E-state index in [9.17, 15) is 17.6 Å². The molecule has 1 aliphatic rings. The third kappa shape index (κ3) is 4.37. The van der Waals surface area contributed by atoms with E-state index in [1.165, 1.54) is 16.4 Å². The van der Waals surface area contributed by atoms with Gasteiger partial charge in [0.25, 0.3) is 0 Å². The molecule has 4 rings (SSSR count). The van der Waals surface area contributed by atoms with E-state index in [0.29, 0.717) is 19.4 Å². The van der Waals surface area contributed by atoms with Crippen molar-refractivity contribution in [2.75, 3.05) is 13.1 Å². The summed E-state index contributed by atoms with van der Waals surface area (Å²) >= 11 is 0. The maximum absolute atomic E-state index is 13.1. The third-order valence-corrected chi connectivity index (χ3v) is 7.47. The van der Waals surface area contributed by atoms with E-state index < -0.39 is 15.8 Å². The summed E-state index contributed by atoms with van der Waals surface area (Å²) in [5, 5.41) is 5.26. The molecule has 0 aliphatic carbocycles. The summed E-state index contributed by atoms with van der Waals surface area (Å²) in [5.74, 6) is -0.747. The Kier molecular flexibility index (Phi) is 5.83. The minimum atomic E-state index is -3.67. The van der Waals surface area contributed by atoms with Crippen molar-refractivity contribution in [2.24, 2.45) is 5.92 Å². The molecule has 5 nitrogen and oxygen atoms in total. The van der Waals surface area contributed by atoms with Crippen molar-refractivity contribution < 1.29 is 17.6 Å². The molecule has 0 unspecified atom stereocenters. The van der Waals surface area contributed by atoms with E-state index in [1.54, 1.807) is 0 Å². The Morgan fingerprint density at radius 1 is 0.967 bits per heavy atom. The van der Waals surface area contributed by atoms with E-state index in [0.717, 1.165) is 28.5 Å². The van der Waals surface area contributed by atoms with Gasteiger partial charge in [-0.2, -0.15) is 4.31 Å². The first-order valence-electron chi connectivity index (χ1n) is 9.94. The number of benzene rings is 3. The first-order chi connectivity index (χ1) is 14.4. The number of hydrogen-bond donors (Lipinski definition) is 1. The molecule has 0 saturated carbocycles. The van der Waals surface area contributed by atoms with Crippen molar-refractivity contribution in [3.8, 4) is 0 Å². The predicted molar refractivity (Wildman–Crippen MR) is 114 cm³/mol. The van der Waals surface area contributed by atoms with Crippen LogP contribution in [0.5, 0.6) is 0 Å². The van der Waals surface area contributed by atoms with Crippen molar-refractivity contribution in [3.63, 3.8) is 0 Å². The van der Waals surface area contributed by atoms with Gasteiger partial charge in [0.1, 0.15) is 5.82 Å².